The first-order chi connectivity index (χ1) is 14.0. The normalized spacial score (nSPS) is 16.5. The average Bonchev–Trinajstić information content (AvgIpc) is 3.09. The Balaban J connectivity index is 1.42. The number of hydrogen-bond acceptors (Lipinski definition) is 3. The summed E-state index contributed by atoms with van der Waals surface area (Å²) in [5, 5.41) is 3.93. The largest absolute Gasteiger partial charge is 0.358 e. The number of hydrogen-bond donors (Lipinski definition) is 3. The van der Waals surface area contributed by atoms with Gasteiger partial charge < -0.3 is 10.3 Å². The number of benzene rings is 2. The highest BCUT2D eigenvalue weighted by Crippen LogP contribution is 2.32. The quantitative estimate of drug-likeness (QED) is 0.545. The van der Waals surface area contributed by atoms with Gasteiger partial charge >= 0.3 is 0 Å². The SMILES string of the molecule is CC1CCc2[nH]c3c(C(=O)NCCNS(=O)(=O)c4ccccc4)cccc3c2C1. The van der Waals surface area contributed by atoms with E-state index < -0.39 is 10.0 Å². The van der Waals surface area contributed by atoms with Crippen molar-refractivity contribution in [1.82, 2.24) is 15.0 Å². The van der Waals surface area contributed by atoms with Crippen molar-refractivity contribution in [3.63, 3.8) is 0 Å². The Labute approximate surface area is 170 Å². The van der Waals surface area contributed by atoms with Crippen LogP contribution in [0.25, 0.3) is 10.9 Å². The molecule has 152 valence electrons. The molecule has 7 heteroatoms. The zero-order chi connectivity index (χ0) is 20.4. The van der Waals surface area contributed by atoms with Crippen LogP contribution in [-0.4, -0.2) is 32.4 Å². The Kier molecular flexibility index (Phi) is 5.43. The highest BCUT2D eigenvalue weighted by molar-refractivity contribution is 7.89. The van der Waals surface area contributed by atoms with Crippen molar-refractivity contribution >= 4 is 26.8 Å². The van der Waals surface area contributed by atoms with E-state index in [9.17, 15) is 13.2 Å². The van der Waals surface area contributed by atoms with Gasteiger partial charge in [-0.25, -0.2) is 13.1 Å². The molecular weight excluding hydrogens is 386 g/mol. The summed E-state index contributed by atoms with van der Waals surface area (Å²) in [5.41, 5.74) is 4.02. The van der Waals surface area contributed by atoms with Gasteiger partial charge in [0.2, 0.25) is 10.0 Å². The number of fused-ring (bicyclic) bond motifs is 3. The molecule has 1 aliphatic carbocycles. The molecule has 0 spiro atoms. The van der Waals surface area contributed by atoms with Crippen molar-refractivity contribution in [2.75, 3.05) is 13.1 Å². The number of para-hydroxylation sites is 1. The van der Waals surface area contributed by atoms with Crippen LogP contribution in [0.1, 0.15) is 35.0 Å². The summed E-state index contributed by atoms with van der Waals surface area (Å²) in [4.78, 5) is 16.4. The van der Waals surface area contributed by atoms with Crippen LogP contribution >= 0.6 is 0 Å². The van der Waals surface area contributed by atoms with Gasteiger partial charge in [-0.2, -0.15) is 0 Å². The number of aromatic amines is 1. The highest BCUT2D eigenvalue weighted by Gasteiger charge is 2.22. The highest BCUT2D eigenvalue weighted by atomic mass is 32.2. The second-order valence-corrected chi connectivity index (χ2v) is 9.39. The molecule has 3 N–H and O–H groups in total. The van der Waals surface area contributed by atoms with Crippen molar-refractivity contribution in [1.29, 1.82) is 0 Å². The van der Waals surface area contributed by atoms with Gasteiger partial charge in [-0.05, 0) is 48.9 Å². The fourth-order valence-electron chi connectivity index (χ4n) is 3.94. The monoisotopic (exact) mass is 411 g/mol. The van der Waals surface area contributed by atoms with Crippen LogP contribution in [0.15, 0.2) is 53.4 Å². The predicted molar refractivity (Wildman–Crippen MR) is 113 cm³/mol. The van der Waals surface area contributed by atoms with Crippen LogP contribution in [0, 0.1) is 5.92 Å². The van der Waals surface area contributed by atoms with Gasteiger partial charge in [0, 0.05) is 24.2 Å². The smallest absolute Gasteiger partial charge is 0.253 e. The van der Waals surface area contributed by atoms with Crippen LogP contribution in [0.4, 0.5) is 0 Å². The van der Waals surface area contributed by atoms with E-state index in [4.69, 9.17) is 0 Å². The van der Waals surface area contributed by atoms with Gasteiger partial charge in [0.25, 0.3) is 5.91 Å². The molecule has 1 unspecified atom stereocenters. The van der Waals surface area contributed by atoms with Gasteiger partial charge in [-0.3, -0.25) is 4.79 Å². The number of aromatic nitrogens is 1. The Morgan fingerprint density at radius 2 is 1.90 bits per heavy atom. The van der Waals surface area contributed by atoms with E-state index >= 15 is 0 Å². The molecule has 0 bridgehead atoms. The van der Waals surface area contributed by atoms with E-state index in [1.807, 2.05) is 6.07 Å². The number of amides is 1. The summed E-state index contributed by atoms with van der Waals surface area (Å²) in [5.74, 6) is 0.442. The lowest BCUT2D eigenvalue weighted by Gasteiger charge is -2.17. The summed E-state index contributed by atoms with van der Waals surface area (Å²) >= 11 is 0. The van der Waals surface area contributed by atoms with Gasteiger partial charge in [-0.15, -0.1) is 0 Å². The number of carbonyl (C=O) groups excluding carboxylic acids is 1. The maximum atomic E-state index is 12.7. The average molecular weight is 412 g/mol. The molecule has 6 nitrogen and oxygen atoms in total. The molecule has 1 aromatic heterocycles. The summed E-state index contributed by atoms with van der Waals surface area (Å²) in [7, 11) is -3.57. The van der Waals surface area contributed by atoms with Crippen LogP contribution in [0.5, 0.6) is 0 Å². The Hall–Kier alpha value is -2.64. The van der Waals surface area contributed by atoms with Gasteiger partial charge in [0.05, 0.1) is 16.0 Å². The number of carbonyl (C=O) groups is 1. The number of sulfonamides is 1. The number of H-pyrrole nitrogens is 1. The van der Waals surface area contributed by atoms with E-state index in [0.717, 1.165) is 30.2 Å². The van der Waals surface area contributed by atoms with Crippen molar-refractivity contribution < 1.29 is 13.2 Å². The molecular formula is C22H25N3O3S. The standard InChI is InChI=1S/C22H25N3O3S/c1-15-10-11-20-19(14-15)17-8-5-9-18(21(17)25-20)22(26)23-12-13-24-29(27,28)16-6-3-2-4-7-16/h2-9,15,24-25H,10-14H2,1H3,(H,23,26). The van der Waals surface area contributed by atoms with E-state index in [-0.39, 0.29) is 23.9 Å². The lowest BCUT2D eigenvalue weighted by molar-refractivity contribution is 0.0956. The molecule has 1 aliphatic rings. The minimum Gasteiger partial charge on any atom is -0.358 e. The fourth-order valence-corrected chi connectivity index (χ4v) is 5.00. The van der Waals surface area contributed by atoms with Gasteiger partial charge in [-0.1, -0.05) is 37.3 Å². The molecule has 29 heavy (non-hydrogen) atoms. The van der Waals surface area contributed by atoms with Crippen molar-refractivity contribution in [3.05, 3.63) is 65.4 Å². The molecule has 2 aromatic carbocycles. The molecule has 1 heterocycles. The molecule has 0 saturated heterocycles. The third-order valence-electron chi connectivity index (χ3n) is 5.47. The first-order valence-corrected chi connectivity index (χ1v) is 11.4. The molecule has 0 aliphatic heterocycles. The Bertz CT molecular complexity index is 1140. The Morgan fingerprint density at radius 1 is 1.10 bits per heavy atom. The molecule has 1 amide bonds. The minimum absolute atomic E-state index is 0.123. The van der Waals surface area contributed by atoms with Crippen molar-refractivity contribution in [2.45, 2.75) is 31.1 Å². The van der Waals surface area contributed by atoms with E-state index in [2.05, 4.69) is 28.0 Å². The van der Waals surface area contributed by atoms with Crippen molar-refractivity contribution in [2.24, 2.45) is 5.92 Å². The topological polar surface area (TPSA) is 91.1 Å². The third kappa shape index (κ3) is 4.06. The maximum Gasteiger partial charge on any atom is 0.253 e. The van der Waals surface area contributed by atoms with Crippen molar-refractivity contribution in [3.8, 4) is 0 Å². The lowest BCUT2D eigenvalue weighted by Crippen LogP contribution is -2.34. The van der Waals surface area contributed by atoms with E-state index in [1.165, 1.54) is 23.4 Å². The minimum atomic E-state index is -3.57. The third-order valence-corrected chi connectivity index (χ3v) is 6.95. The molecule has 0 saturated carbocycles. The molecule has 3 aromatic rings. The van der Waals surface area contributed by atoms with Crippen LogP contribution in [0.2, 0.25) is 0 Å². The number of aryl methyl sites for hydroxylation is 1. The zero-order valence-electron chi connectivity index (χ0n) is 16.4. The summed E-state index contributed by atoms with van der Waals surface area (Å²) in [6, 6.07) is 14.0. The van der Waals surface area contributed by atoms with Crippen LogP contribution < -0.4 is 10.0 Å². The second-order valence-electron chi connectivity index (χ2n) is 7.62. The number of rotatable bonds is 6. The Morgan fingerprint density at radius 3 is 2.69 bits per heavy atom. The number of nitrogens with one attached hydrogen (secondary N) is 3. The summed E-state index contributed by atoms with van der Waals surface area (Å²) < 4.78 is 27.0. The second kappa shape index (κ2) is 8.00. The van der Waals surface area contributed by atoms with Crippen LogP contribution in [-0.2, 0) is 22.9 Å². The fraction of sp³-hybridized carbons (Fsp3) is 0.318. The van der Waals surface area contributed by atoms with Gasteiger partial charge in [0.15, 0.2) is 0 Å². The molecule has 4 rings (SSSR count). The zero-order valence-corrected chi connectivity index (χ0v) is 17.2. The van der Waals surface area contributed by atoms with Gasteiger partial charge in [0.1, 0.15) is 0 Å². The first-order valence-electron chi connectivity index (χ1n) is 9.91. The van der Waals surface area contributed by atoms with Crippen LogP contribution in [0.3, 0.4) is 0 Å². The maximum absolute atomic E-state index is 12.7. The molecule has 0 radical (unpaired) electrons. The van der Waals surface area contributed by atoms with E-state index in [1.54, 1.807) is 24.3 Å². The summed E-state index contributed by atoms with van der Waals surface area (Å²) in [6.45, 7) is 2.59. The molecule has 0 fully saturated rings. The van der Waals surface area contributed by atoms with E-state index in [0.29, 0.717) is 11.5 Å². The predicted octanol–water partition coefficient (Wildman–Crippen LogP) is 3.00. The molecule has 1 atom stereocenters. The lowest BCUT2D eigenvalue weighted by atomic mass is 9.87. The summed E-state index contributed by atoms with van der Waals surface area (Å²) in [6.07, 6.45) is 3.19. The first kappa shape index (κ1) is 19.7.